The average molecular weight is 235 g/mol. The number of carbonyl (C=O) groups excluding carboxylic acids is 1. The van der Waals surface area contributed by atoms with E-state index in [2.05, 4.69) is 10.9 Å². The maximum Gasteiger partial charge on any atom is 0.255 e. The van der Waals surface area contributed by atoms with Gasteiger partial charge in [0.2, 0.25) is 0 Å². The molecule has 0 saturated heterocycles. The minimum atomic E-state index is -0.636. The van der Waals surface area contributed by atoms with Crippen molar-refractivity contribution in [1.29, 1.82) is 0 Å². The molecule has 0 aliphatic rings. The summed E-state index contributed by atoms with van der Waals surface area (Å²) in [6.45, 7) is 0. The Labute approximate surface area is 97.4 Å². The minimum absolute atomic E-state index is 0.231. The number of fused-ring (bicyclic) bond motifs is 1. The van der Waals surface area contributed by atoms with Gasteiger partial charge in [-0.3, -0.25) is 10.2 Å². The van der Waals surface area contributed by atoms with Crippen LogP contribution in [0.25, 0.3) is 10.1 Å². The molecule has 1 amide bonds. The van der Waals surface area contributed by atoms with Gasteiger partial charge in [-0.1, -0.05) is 18.2 Å². The van der Waals surface area contributed by atoms with Crippen molar-refractivity contribution in [1.82, 2.24) is 10.9 Å². The van der Waals surface area contributed by atoms with Crippen molar-refractivity contribution in [2.75, 3.05) is 7.05 Å². The number of nitrogens with one attached hydrogen (secondary N) is 2. The molecule has 0 aliphatic heterocycles. The summed E-state index contributed by atoms with van der Waals surface area (Å²) in [6, 6.07) is 7.28. The highest BCUT2D eigenvalue weighted by molar-refractivity contribution is 7.17. The van der Waals surface area contributed by atoms with Crippen LogP contribution in [0, 0.1) is 0 Å². The summed E-state index contributed by atoms with van der Waals surface area (Å²) in [6.07, 6.45) is 0. The first-order valence-electron chi connectivity index (χ1n) is 4.92. The number of benzene rings is 1. The molecule has 4 nitrogen and oxygen atoms in total. The van der Waals surface area contributed by atoms with Crippen LogP contribution in [0.5, 0.6) is 0 Å². The molecule has 1 aromatic heterocycles. The predicted octanol–water partition coefficient (Wildman–Crippen LogP) is 1.15. The number of hydrogen-bond donors (Lipinski definition) is 3. The van der Waals surface area contributed by atoms with E-state index >= 15 is 0 Å². The van der Waals surface area contributed by atoms with Gasteiger partial charge in [0, 0.05) is 11.7 Å². The van der Waals surface area contributed by atoms with Crippen molar-refractivity contribution < 1.29 is 4.79 Å². The third-order valence-electron chi connectivity index (χ3n) is 2.38. The lowest BCUT2D eigenvalue weighted by Crippen LogP contribution is -2.40. The van der Waals surface area contributed by atoms with Crippen LogP contribution in [0.15, 0.2) is 29.6 Å². The number of rotatable bonds is 3. The molecule has 2 rings (SSSR count). The number of carbonyl (C=O) groups is 1. The molecule has 16 heavy (non-hydrogen) atoms. The zero-order chi connectivity index (χ0) is 11.5. The smallest absolute Gasteiger partial charge is 0.255 e. The van der Waals surface area contributed by atoms with E-state index in [0.29, 0.717) is 0 Å². The largest absolute Gasteiger partial charge is 0.316 e. The number of thiophene rings is 1. The Morgan fingerprint density at radius 1 is 1.44 bits per heavy atom. The zero-order valence-electron chi connectivity index (χ0n) is 8.86. The Balaban J connectivity index is 2.36. The normalized spacial score (nSPS) is 12.6. The molecule has 5 heteroatoms. The van der Waals surface area contributed by atoms with Gasteiger partial charge in [-0.15, -0.1) is 11.3 Å². The Bertz CT molecular complexity index is 509. The first-order chi connectivity index (χ1) is 7.74. The molecule has 1 aromatic carbocycles. The van der Waals surface area contributed by atoms with E-state index in [1.165, 1.54) is 0 Å². The molecule has 1 atom stereocenters. The third kappa shape index (κ3) is 1.92. The van der Waals surface area contributed by atoms with Gasteiger partial charge < -0.3 is 5.73 Å². The Hall–Kier alpha value is -1.43. The SMILES string of the molecule is CNNC(=O)C(N)c1csc2ccccc12. The summed E-state index contributed by atoms with van der Waals surface area (Å²) >= 11 is 1.60. The fourth-order valence-electron chi connectivity index (χ4n) is 1.58. The number of nitrogens with two attached hydrogens (primary N) is 1. The van der Waals surface area contributed by atoms with Crippen molar-refractivity contribution in [2.45, 2.75) is 6.04 Å². The van der Waals surface area contributed by atoms with E-state index in [-0.39, 0.29) is 5.91 Å². The Morgan fingerprint density at radius 2 is 2.19 bits per heavy atom. The highest BCUT2D eigenvalue weighted by atomic mass is 32.1. The van der Waals surface area contributed by atoms with Crippen LogP contribution in [0.4, 0.5) is 0 Å². The summed E-state index contributed by atoms with van der Waals surface area (Å²) < 4.78 is 1.14. The summed E-state index contributed by atoms with van der Waals surface area (Å²) in [7, 11) is 1.64. The molecule has 2 aromatic rings. The van der Waals surface area contributed by atoms with Crippen molar-refractivity contribution >= 4 is 27.3 Å². The van der Waals surface area contributed by atoms with Gasteiger partial charge in [-0.25, -0.2) is 5.43 Å². The molecular weight excluding hydrogens is 222 g/mol. The van der Waals surface area contributed by atoms with Gasteiger partial charge >= 0.3 is 0 Å². The highest BCUT2D eigenvalue weighted by Gasteiger charge is 2.18. The van der Waals surface area contributed by atoms with Crippen LogP contribution in [0.3, 0.4) is 0 Å². The molecule has 1 heterocycles. The van der Waals surface area contributed by atoms with Crippen LogP contribution in [0.2, 0.25) is 0 Å². The van der Waals surface area contributed by atoms with Crippen LogP contribution in [-0.4, -0.2) is 13.0 Å². The van der Waals surface area contributed by atoms with E-state index in [1.807, 2.05) is 29.6 Å². The van der Waals surface area contributed by atoms with Crippen molar-refractivity contribution in [2.24, 2.45) is 5.73 Å². The fraction of sp³-hybridized carbons (Fsp3) is 0.182. The van der Waals surface area contributed by atoms with Gasteiger partial charge in [0.05, 0.1) is 0 Å². The molecule has 84 valence electrons. The first-order valence-corrected chi connectivity index (χ1v) is 5.80. The maximum atomic E-state index is 11.6. The van der Waals surface area contributed by atoms with Gasteiger partial charge in [0.25, 0.3) is 5.91 Å². The second kappa shape index (κ2) is 4.61. The van der Waals surface area contributed by atoms with Crippen LogP contribution < -0.4 is 16.6 Å². The minimum Gasteiger partial charge on any atom is -0.316 e. The zero-order valence-corrected chi connectivity index (χ0v) is 9.67. The van der Waals surface area contributed by atoms with Gasteiger partial charge in [0.15, 0.2) is 0 Å². The molecule has 0 bridgehead atoms. The van der Waals surface area contributed by atoms with Crippen LogP contribution in [-0.2, 0) is 4.79 Å². The summed E-state index contributed by atoms with van der Waals surface area (Å²) in [4.78, 5) is 11.6. The fourth-order valence-corrected chi connectivity index (χ4v) is 2.58. The number of amides is 1. The monoisotopic (exact) mass is 235 g/mol. The lowest BCUT2D eigenvalue weighted by molar-refractivity contribution is -0.123. The molecule has 0 fully saturated rings. The highest BCUT2D eigenvalue weighted by Crippen LogP contribution is 2.29. The molecule has 0 spiro atoms. The van der Waals surface area contributed by atoms with E-state index in [4.69, 9.17) is 5.73 Å². The van der Waals surface area contributed by atoms with Crippen molar-refractivity contribution in [3.8, 4) is 0 Å². The predicted molar refractivity (Wildman–Crippen MR) is 66.0 cm³/mol. The van der Waals surface area contributed by atoms with Gasteiger partial charge in [0.1, 0.15) is 6.04 Å². The van der Waals surface area contributed by atoms with Crippen LogP contribution in [0.1, 0.15) is 11.6 Å². The van der Waals surface area contributed by atoms with E-state index < -0.39 is 6.04 Å². The number of hydrazine groups is 1. The van der Waals surface area contributed by atoms with E-state index in [0.717, 1.165) is 15.6 Å². The van der Waals surface area contributed by atoms with E-state index in [1.54, 1.807) is 18.4 Å². The second-order valence-electron chi connectivity index (χ2n) is 3.40. The molecule has 0 aliphatic carbocycles. The Kier molecular flexibility index (Phi) is 3.19. The molecule has 4 N–H and O–H groups in total. The first kappa shape index (κ1) is 11.1. The summed E-state index contributed by atoms with van der Waals surface area (Å²) in [5, 5.41) is 2.98. The Morgan fingerprint density at radius 3 is 2.94 bits per heavy atom. The molecule has 0 radical (unpaired) electrons. The van der Waals surface area contributed by atoms with Crippen LogP contribution >= 0.6 is 11.3 Å². The lowest BCUT2D eigenvalue weighted by Gasteiger charge is -2.10. The molecule has 0 saturated carbocycles. The standard InChI is InChI=1S/C11H13N3OS/c1-13-14-11(15)10(12)8-6-16-9-5-3-2-4-7(8)9/h2-6,10,13H,12H2,1H3,(H,14,15). The lowest BCUT2D eigenvalue weighted by atomic mass is 10.1. The summed E-state index contributed by atoms with van der Waals surface area (Å²) in [5.74, 6) is -0.231. The second-order valence-corrected chi connectivity index (χ2v) is 4.32. The third-order valence-corrected chi connectivity index (χ3v) is 3.36. The number of hydrogen-bond acceptors (Lipinski definition) is 4. The molecular formula is C11H13N3OS. The van der Waals surface area contributed by atoms with E-state index in [9.17, 15) is 4.79 Å². The maximum absolute atomic E-state index is 11.6. The average Bonchev–Trinajstić information content (AvgIpc) is 2.72. The topological polar surface area (TPSA) is 67.1 Å². The van der Waals surface area contributed by atoms with Gasteiger partial charge in [-0.05, 0) is 22.4 Å². The van der Waals surface area contributed by atoms with Crippen molar-refractivity contribution in [3.63, 3.8) is 0 Å². The summed E-state index contributed by atoms with van der Waals surface area (Å²) in [5.41, 5.74) is 11.8. The van der Waals surface area contributed by atoms with Crippen molar-refractivity contribution in [3.05, 3.63) is 35.2 Å². The van der Waals surface area contributed by atoms with Gasteiger partial charge in [-0.2, -0.15) is 0 Å². The quantitative estimate of drug-likeness (QED) is 0.699. The molecule has 1 unspecified atom stereocenters.